The molecule has 116 valence electrons. The molecule has 1 N–H and O–H groups in total. The fourth-order valence-electron chi connectivity index (χ4n) is 1.97. The molecule has 1 aromatic heterocycles. The van der Waals surface area contributed by atoms with Gasteiger partial charge in [0.2, 0.25) is 0 Å². The molecule has 1 amide bonds. The molecule has 0 fully saturated rings. The van der Waals surface area contributed by atoms with Gasteiger partial charge in [-0.15, -0.1) is 0 Å². The molecule has 0 saturated carbocycles. The number of nitrogens with one attached hydrogen (secondary N) is 1. The maximum absolute atomic E-state index is 12.2. The number of nitro groups is 1. The van der Waals surface area contributed by atoms with Gasteiger partial charge in [-0.2, -0.15) is 0 Å². The van der Waals surface area contributed by atoms with Crippen molar-refractivity contribution in [2.75, 3.05) is 7.11 Å². The average molecular weight is 297 g/mol. The third-order valence-electron chi connectivity index (χ3n) is 3.01. The smallest absolute Gasteiger partial charge is 0.328 e. The fraction of sp³-hybridized carbons (Fsp3) is 0.538. The Morgan fingerprint density at radius 2 is 2.05 bits per heavy atom. The van der Waals surface area contributed by atoms with Crippen molar-refractivity contribution in [3.05, 3.63) is 27.9 Å². The number of methoxy groups -OCH3 is 1. The van der Waals surface area contributed by atoms with Gasteiger partial charge in [0, 0.05) is 6.07 Å². The summed E-state index contributed by atoms with van der Waals surface area (Å²) in [7, 11) is 2.66. The van der Waals surface area contributed by atoms with Crippen molar-refractivity contribution in [3.8, 4) is 0 Å². The summed E-state index contributed by atoms with van der Waals surface area (Å²) in [6.45, 7) is 3.82. The second-order valence-electron chi connectivity index (χ2n) is 5.07. The molecule has 0 aromatic carbocycles. The summed E-state index contributed by atoms with van der Waals surface area (Å²) in [6, 6.07) is 1.80. The quantitative estimate of drug-likeness (QED) is 0.483. The van der Waals surface area contributed by atoms with E-state index in [2.05, 4.69) is 10.1 Å². The normalized spacial score (nSPS) is 12.0. The van der Waals surface area contributed by atoms with Crippen LogP contribution in [0.15, 0.2) is 12.1 Å². The van der Waals surface area contributed by atoms with Crippen LogP contribution in [0.3, 0.4) is 0 Å². The lowest BCUT2D eigenvalue weighted by Crippen LogP contribution is -2.42. The molecule has 0 aliphatic heterocycles. The van der Waals surface area contributed by atoms with Gasteiger partial charge in [0.15, 0.2) is 5.69 Å². The molecule has 0 bridgehead atoms. The lowest BCUT2D eigenvalue weighted by Gasteiger charge is -2.17. The molecule has 1 aromatic rings. The Kier molecular flexibility index (Phi) is 5.45. The summed E-state index contributed by atoms with van der Waals surface area (Å²) in [6.07, 6.45) is 0.422. The summed E-state index contributed by atoms with van der Waals surface area (Å²) < 4.78 is 5.82. The molecule has 0 spiro atoms. The van der Waals surface area contributed by atoms with E-state index in [1.807, 2.05) is 13.8 Å². The summed E-state index contributed by atoms with van der Waals surface area (Å²) in [5.74, 6) is -1.11. The Balaban J connectivity index is 2.92. The number of carbonyl (C=O) groups excluding carboxylic acids is 2. The molecule has 1 unspecified atom stereocenters. The minimum absolute atomic E-state index is 0.111. The van der Waals surface area contributed by atoms with Crippen molar-refractivity contribution < 1.29 is 19.2 Å². The predicted octanol–water partition coefficient (Wildman–Crippen LogP) is 1.25. The Morgan fingerprint density at radius 3 is 2.48 bits per heavy atom. The standard InChI is InChI=1S/C13H19N3O5/c1-8(2)7-9(13(18)21-4)14-12(17)10-5-6-11(15(10)3)16(19)20/h5-6,8-9H,7H2,1-4H3,(H,14,17). The zero-order valence-electron chi connectivity index (χ0n) is 12.5. The van der Waals surface area contributed by atoms with Crippen molar-refractivity contribution >= 4 is 17.7 Å². The van der Waals surface area contributed by atoms with E-state index in [1.165, 1.54) is 30.9 Å². The average Bonchev–Trinajstić information content (AvgIpc) is 2.78. The van der Waals surface area contributed by atoms with Gasteiger partial charge in [-0.3, -0.25) is 4.79 Å². The number of hydrogen-bond donors (Lipinski definition) is 1. The molecule has 1 atom stereocenters. The monoisotopic (exact) mass is 297 g/mol. The van der Waals surface area contributed by atoms with Crippen LogP contribution in [0.2, 0.25) is 0 Å². The minimum atomic E-state index is -0.781. The zero-order chi connectivity index (χ0) is 16.2. The molecule has 1 rings (SSSR count). The van der Waals surface area contributed by atoms with E-state index in [4.69, 9.17) is 0 Å². The summed E-state index contributed by atoms with van der Waals surface area (Å²) in [5, 5.41) is 13.3. The summed E-state index contributed by atoms with van der Waals surface area (Å²) >= 11 is 0. The molecule has 1 heterocycles. The first-order valence-electron chi connectivity index (χ1n) is 6.46. The van der Waals surface area contributed by atoms with Gasteiger partial charge >= 0.3 is 11.8 Å². The highest BCUT2D eigenvalue weighted by Gasteiger charge is 2.27. The second kappa shape index (κ2) is 6.87. The highest BCUT2D eigenvalue weighted by molar-refractivity contribution is 5.96. The van der Waals surface area contributed by atoms with E-state index in [0.29, 0.717) is 6.42 Å². The first-order chi connectivity index (χ1) is 9.77. The van der Waals surface area contributed by atoms with Gasteiger partial charge in [-0.25, -0.2) is 9.36 Å². The van der Waals surface area contributed by atoms with Crippen molar-refractivity contribution in [2.24, 2.45) is 13.0 Å². The Morgan fingerprint density at radius 1 is 1.43 bits per heavy atom. The van der Waals surface area contributed by atoms with Crippen molar-refractivity contribution in [1.29, 1.82) is 0 Å². The van der Waals surface area contributed by atoms with Gasteiger partial charge in [0.25, 0.3) is 5.91 Å². The Labute approximate surface area is 122 Å². The van der Waals surface area contributed by atoms with Crippen LogP contribution < -0.4 is 5.32 Å². The van der Waals surface area contributed by atoms with Crippen LogP contribution in [-0.4, -0.2) is 34.5 Å². The lowest BCUT2D eigenvalue weighted by atomic mass is 10.0. The van der Waals surface area contributed by atoms with Gasteiger partial charge in [-0.05, 0) is 23.3 Å². The first-order valence-corrected chi connectivity index (χ1v) is 6.46. The molecule has 0 radical (unpaired) electrons. The number of aromatic nitrogens is 1. The van der Waals surface area contributed by atoms with Crippen LogP contribution in [0.4, 0.5) is 5.82 Å². The van der Waals surface area contributed by atoms with Crippen LogP contribution in [0.25, 0.3) is 0 Å². The van der Waals surface area contributed by atoms with E-state index in [1.54, 1.807) is 0 Å². The van der Waals surface area contributed by atoms with Gasteiger partial charge < -0.3 is 20.2 Å². The molecule has 21 heavy (non-hydrogen) atoms. The lowest BCUT2D eigenvalue weighted by molar-refractivity contribution is -0.391. The molecule has 8 heteroatoms. The summed E-state index contributed by atoms with van der Waals surface area (Å²) in [5.41, 5.74) is 0.111. The summed E-state index contributed by atoms with van der Waals surface area (Å²) in [4.78, 5) is 34.0. The van der Waals surface area contributed by atoms with E-state index >= 15 is 0 Å². The third-order valence-corrected chi connectivity index (χ3v) is 3.01. The Bertz CT molecular complexity index is 550. The number of amides is 1. The molecule has 8 nitrogen and oxygen atoms in total. The van der Waals surface area contributed by atoms with Crippen LogP contribution in [-0.2, 0) is 16.6 Å². The maximum atomic E-state index is 12.2. The van der Waals surface area contributed by atoms with E-state index < -0.39 is 22.8 Å². The zero-order valence-corrected chi connectivity index (χ0v) is 12.5. The highest BCUT2D eigenvalue weighted by Crippen LogP contribution is 2.15. The van der Waals surface area contributed by atoms with Gasteiger partial charge in [-0.1, -0.05) is 13.8 Å². The first kappa shape index (κ1) is 16.7. The highest BCUT2D eigenvalue weighted by atomic mass is 16.6. The molecule has 0 saturated heterocycles. The number of ether oxygens (including phenoxy) is 1. The topological polar surface area (TPSA) is 103 Å². The number of nitrogens with zero attached hydrogens (tertiary/aromatic N) is 2. The van der Waals surface area contributed by atoms with Crippen LogP contribution in [0, 0.1) is 16.0 Å². The van der Waals surface area contributed by atoms with E-state index in [-0.39, 0.29) is 17.4 Å². The van der Waals surface area contributed by atoms with Gasteiger partial charge in [0.05, 0.1) is 14.2 Å². The fourth-order valence-corrected chi connectivity index (χ4v) is 1.97. The van der Waals surface area contributed by atoms with Crippen LogP contribution >= 0.6 is 0 Å². The number of rotatable bonds is 6. The van der Waals surface area contributed by atoms with Crippen molar-refractivity contribution in [3.63, 3.8) is 0 Å². The number of carbonyl (C=O) groups is 2. The maximum Gasteiger partial charge on any atom is 0.328 e. The van der Waals surface area contributed by atoms with E-state index in [0.717, 1.165) is 0 Å². The molecule has 0 aliphatic rings. The van der Waals surface area contributed by atoms with Crippen LogP contribution in [0.1, 0.15) is 30.8 Å². The molecular weight excluding hydrogens is 278 g/mol. The molecule has 0 aliphatic carbocycles. The van der Waals surface area contributed by atoms with Gasteiger partial charge in [0.1, 0.15) is 6.04 Å². The van der Waals surface area contributed by atoms with E-state index in [9.17, 15) is 19.7 Å². The van der Waals surface area contributed by atoms with Crippen LogP contribution in [0.5, 0.6) is 0 Å². The number of hydrogen-bond acceptors (Lipinski definition) is 5. The second-order valence-corrected chi connectivity index (χ2v) is 5.07. The van der Waals surface area contributed by atoms with Crippen molar-refractivity contribution in [1.82, 2.24) is 9.88 Å². The van der Waals surface area contributed by atoms with Crippen molar-refractivity contribution in [2.45, 2.75) is 26.3 Å². The Hall–Kier alpha value is -2.38. The minimum Gasteiger partial charge on any atom is -0.467 e. The number of esters is 1. The third kappa shape index (κ3) is 4.04. The SMILES string of the molecule is COC(=O)C(CC(C)C)NC(=O)c1ccc([N+](=O)[O-])n1C. The largest absolute Gasteiger partial charge is 0.467 e. The molecular formula is C13H19N3O5. The predicted molar refractivity (Wildman–Crippen MR) is 74.8 cm³/mol.